The second kappa shape index (κ2) is 6.78. The van der Waals surface area contributed by atoms with Crippen LogP contribution in [0.15, 0.2) is 18.3 Å². The molecule has 0 aromatic carbocycles. The second-order valence-electron chi connectivity index (χ2n) is 6.90. The van der Waals surface area contributed by atoms with E-state index in [1.165, 1.54) is 0 Å². The standard InChI is InChI=1S/C17H24N4O/c1-17(2,3)16(22)20-11-13-6-5-9-21(12-13)15-14(10-18)7-4-8-19-15/h4,7-8,13H,5-6,9,11-12H2,1-3H3,(H,20,22). The van der Waals surface area contributed by atoms with Crippen LogP contribution in [0.2, 0.25) is 0 Å². The van der Waals surface area contributed by atoms with E-state index in [9.17, 15) is 10.1 Å². The minimum absolute atomic E-state index is 0.0835. The van der Waals surface area contributed by atoms with Gasteiger partial charge in [-0.25, -0.2) is 4.98 Å². The van der Waals surface area contributed by atoms with Crippen molar-refractivity contribution in [3.63, 3.8) is 0 Å². The van der Waals surface area contributed by atoms with Crippen molar-refractivity contribution in [2.75, 3.05) is 24.5 Å². The van der Waals surface area contributed by atoms with Gasteiger partial charge in [-0.15, -0.1) is 0 Å². The van der Waals surface area contributed by atoms with E-state index in [1.54, 1.807) is 18.3 Å². The quantitative estimate of drug-likeness (QED) is 0.930. The number of carbonyl (C=O) groups is 1. The van der Waals surface area contributed by atoms with Crippen molar-refractivity contribution in [1.29, 1.82) is 5.26 Å². The van der Waals surface area contributed by atoms with Gasteiger partial charge < -0.3 is 10.2 Å². The van der Waals surface area contributed by atoms with E-state index in [-0.39, 0.29) is 11.3 Å². The van der Waals surface area contributed by atoms with Crippen molar-refractivity contribution in [1.82, 2.24) is 10.3 Å². The van der Waals surface area contributed by atoms with Gasteiger partial charge in [0.15, 0.2) is 0 Å². The average Bonchev–Trinajstić information content (AvgIpc) is 2.52. The topological polar surface area (TPSA) is 69.0 Å². The van der Waals surface area contributed by atoms with E-state index >= 15 is 0 Å². The third kappa shape index (κ3) is 3.97. The van der Waals surface area contributed by atoms with Crippen LogP contribution in [0, 0.1) is 22.7 Å². The highest BCUT2D eigenvalue weighted by molar-refractivity contribution is 5.81. The third-order valence-electron chi connectivity index (χ3n) is 3.96. The Hall–Kier alpha value is -2.09. The van der Waals surface area contributed by atoms with Crippen molar-refractivity contribution in [2.45, 2.75) is 33.6 Å². The Bertz CT molecular complexity index is 571. The van der Waals surface area contributed by atoms with Gasteiger partial charge in [0.05, 0.1) is 5.56 Å². The maximum Gasteiger partial charge on any atom is 0.225 e. The molecule has 2 heterocycles. The Morgan fingerprint density at radius 1 is 1.55 bits per heavy atom. The zero-order valence-electron chi connectivity index (χ0n) is 13.6. The van der Waals surface area contributed by atoms with Crippen molar-refractivity contribution < 1.29 is 4.79 Å². The fraction of sp³-hybridized carbons (Fsp3) is 0.588. The van der Waals surface area contributed by atoms with E-state index in [2.05, 4.69) is 21.3 Å². The minimum atomic E-state index is -0.358. The summed E-state index contributed by atoms with van der Waals surface area (Å²) in [5, 5.41) is 12.2. The van der Waals surface area contributed by atoms with Crippen LogP contribution in [-0.4, -0.2) is 30.5 Å². The lowest BCUT2D eigenvalue weighted by molar-refractivity contribution is -0.128. The first-order valence-corrected chi connectivity index (χ1v) is 7.80. The molecular formula is C17H24N4O. The minimum Gasteiger partial charge on any atom is -0.355 e. The van der Waals surface area contributed by atoms with Crippen LogP contribution < -0.4 is 10.2 Å². The second-order valence-corrected chi connectivity index (χ2v) is 6.90. The Kier molecular flexibility index (Phi) is 5.02. The number of hydrogen-bond donors (Lipinski definition) is 1. The van der Waals surface area contributed by atoms with Gasteiger partial charge >= 0.3 is 0 Å². The maximum atomic E-state index is 12.0. The van der Waals surface area contributed by atoms with E-state index in [1.807, 2.05) is 20.8 Å². The molecule has 1 aliphatic rings. The van der Waals surface area contributed by atoms with Crippen LogP contribution >= 0.6 is 0 Å². The molecule has 22 heavy (non-hydrogen) atoms. The van der Waals surface area contributed by atoms with Gasteiger partial charge in [0.1, 0.15) is 11.9 Å². The van der Waals surface area contributed by atoms with E-state index in [0.29, 0.717) is 18.0 Å². The number of nitrogens with one attached hydrogen (secondary N) is 1. The number of rotatable bonds is 3. The monoisotopic (exact) mass is 300 g/mol. The maximum absolute atomic E-state index is 12.0. The highest BCUT2D eigenvalue weighted by Crippen LogP contribution is 2.24. The first-order valence-electron chi connectivity index (χ1n) is 7.80. The number of aromatic nitrogens is 1. The van der Waals surface area contributed by atoms with Gasteiger partial charge in [0.25, 0.3) is 0 Å². The van der Waals surface area contributed by atoms with Crippen molar-refractivity contribution in [3.05, 3.63) is 23.9 Å². The largest absolute Gasteiger partial charge is 0.355 e. The van der Waals surface area contributed by atoms with E-state index in [4.69, 9.17) is 0 Å². The van der Waals surface area contributed by atoms with Gasteiger partial charge in [0.2, 0.25) is 5.91 Å². The summed E-state index contributed by atoms with van der Waals surface area (Å²) in [4.78, 5) is 18.5. The molecule has 1 aromatic heterocycles. The van der Waals surface area contributed by atoms with Gasteiger partial charge in [0, 0.05) is 31.2 Å². The van der Waals surface area contributed by atoms with Gasteiger partial charge in [-0.1, -0.05) is 20.8 Å². The molecule has 1 N–H and O–H groups in total. The Morgan fingerprint density at radius 2 is 2.32 bits per heavy atom. The molecule has 1 fully saturated rings. The molecule has 0 aliphatic carbocycles. The number of amides is 1. The first kappa shape index (κ1) is 16.3. The molecule has 0 radical (unpaired) electrons. The van der Waals surface area contributed by atoms with Crippen molar-refractivity contribution in [2.24, 2.45) is 11.3 Å². The number of nitriles is 1. The van der Waals surface area contributed by atoms with Crippen molar-refractivity contribution >= 4 is 11.7 Å². The molecule has 1 unspecified atom stereocenters. The summed E-state index contributed by atoms with van der Waals surface area (Å²) in [7, 11) is 0. The molecule has 1 saturated heterocycles. The highest BCUT2D eigenvalue weighted by Gasteiger charge is 2.25. The summed E-state index contributed by atoms with van der Waals surface area (Å²) in [5.41, 5.74) is 0.255. The summed E-state index contributed by atoms with van der Waals surface area (Å²) in [6, 6.07) is 5.79. The van der Waals surface area contributed by atoms with Crippen LogP contribution in [0.4, 0.5) is 5.82 Å². The molecule has 5 nitrogen and oxygen atoms in total. The Labute approximate surface area is 132 Å². The zero-order valence-corrected chi connectivity index (χ0v) is 13.6. The number of nitrogens with zero attached hydrogens (tertiary/aromatic N) is 3. The summed E-state index contributed by atoms with van der Waals surface area (Å²) in [5.74, 6) is 1.24. The first-order chi connectivity index (χ1) is 10.4. The molecular weight excluding hydrogens is 276 g/mol. The summed E-state index contributed by atoms with van der Waals surface area (Å²) in [6.45, 7) is 8.18. The van der Waals surface area contributed by atoms with E-state index in [0.717, 1.165) is 31.7 Å². The lowest BCUT2D eigenvalue weighted by atomic mass is 9.94. The van der Waals surface area contributed by atoms with Gasteiger partial charge in [-0.05, 0) is 30.9 Å². The number of piperidine rings is 1. The fourth-order valence-electron chi connectivity index (χ4n) is 2.66. The third-order valence-corrected chi connectivity index (χ3v) is 3.96. The molecule has 1 aromatic rings. The SMILES string of the molecule is CC(C)(C)C(=O)NCC1CCCN(c2ncccc2C#N)C1. The van der Waals surface area contributed by atoms with Crippen LogP contribution in [0.25, 0.3) is 0 Å². The summed E-state index contributed by atoms with van der Waals surface area (Å²) < 4.78 is 0. The molecule has 5 heteroatoms. The number of hydrogen-bond acceptors (Lipinski definition) is 4. The molecule has 0 spiro atoms. The number of anilines is 1. The van der Waals surface area contributed by atoms with Crippen molar-refractivity contribution in [3.8, 4) is 6.07 Å². The van der Waals surface area contributed by atoms with Crippen LogP contribution in [-0.2, 0) is 4.79 Å². The fourth-order valence-corrected chi connectivity index (χ4v) is 2.66. The Morgan fingerprint density at radius 3 is 3.00 bits per heavy atom. The number of pyridine rings is 1. The zero-order chi connectivity index (χ0) is 16.2. The molecule has 1 atom stereocenters. The molecule has 0 bridgehead atoms. The summed E-state index contributed by atoms with van der Waals surface area (Å²) >= 11 is 0. The smallest absolute Gasteiger partial charge is 0.225 e. The van der Waals surface area contributed by atoms with Crippen LogP contribution in [0.1, 0.15) is 39.2 Å². The lowest BCUT2D eigenvalue weighted by Crippen LogP contribution is -2.43. The van der Waals surface area contributed by atoms with Gasteiger partial charge in [-0.3, -0.25) is 4.79 Å². The normalized spacial score (nSPS) is 18.6. The average molecular weight is 300 g/mol. The van der Waals surface area contributed by atoms with Crippen LogP contribution in [0.5, 0.6) is 0 Å². The number of carbonyl (C=O) groups excluding carboxylic acids is 1. The van der Waals surface area contributed by atoms with E-state index < -0.39 is 0 Å². The molecule has 1 amide bonds. The molecule has 118 valence electrons. The predicted molar refractivity (Wildman–Crippen MR) is 86.4 cm³/mol. The Balaban J connectivity index is 1.98. The molecule has 1 aliphatic heterocycles. The lowest BCUT2D eigenvalue weighted by Gasteiger charge is -2.34. The summed E-state index contributed by atoms with van der Waals surface area (Å²) in [6.07, 6.45) is 3.87. The molecule has 2 rings (SSSR count). The molecule has 0 saturated carbocycles. The highest BCUT2D eigenvalue weighted by atomic mass is 16.2. The van der Waals surface area contributed by atoms with Crippen LogP contribution in [0.3, 0.4) is 0 Å². The predicted octanol–water partition coefficient (Wildman–Crippen LogP) is 2.33. The van der Waals surface area contributed by atoms with Gasteiger partial charge in [-0.2, -0.15) is 5.26 Å².